The zero-order chi connectivity index (χ0) is 12.3. The third kappa shape index (κ3) is 2.40. The average Bonchev–Trinajstić information content (AvgIpc) is 2.33. The summed E-state index contributed by atoms with van der Waals surface area (Å²) in [6.07, 6.45) is 1.52. The van der Waals surface area contributed by atoms with Crippen LogP contribution in [0.4, 0.5) is 15.8 Å². The summed E-state index contributed by atoms with van der Waals surface area (Å²) in [5.74, 6) is -0.349. The number of hydrogen-bond acceptors (Lipinski definition) is 3. The van der Waals surface area contributed by atoms with Gasteiger partial charge in [0, 0.05) is 6.20 Å². The minimum absolute atomic E-state index is 0.243. The van der Waals surface area contributed by atoms with E-state index >= 15 is 0 Å². The lowest BCUT2D eigenvalue weighted by molar-refractivity contribution is 0.630. The number of rotatable bonds is 2. The molecule has 1 aromatic heterocycles. The minimum atomic E-state index is -0.349. The van der Waals surface area contributed by atoms with E-state index in [2.05, 4.69) is 10.3 Å². The number of nitrogens with zero attached hydrogens (tertiary/aromatic N) is 2. The molecule has 0 saturated carbocycles. The third-order valence-electron chi connectivity index (χ3n) is 2.31. The number of halogens is 1. The molecule has 0 amide bonds. The summed E-state index contributed by atoms with van der Waals surface area (Å²) in [6, 6.07) is 10.2. The van der Waals surface area contributed by atoms with Crippen LogP contribution in [-0.2, 0) is 0 Å². The van der Waals surface area contributed by atoms with Crippen molar-refractivity contribution in [2.24, 2.45) is 0 Å². The van der Waals surface area contributed by atoms with Gasteiger partial charge in [-0.2, -0.15) is 5.26 Å². The number of nitriles is 1. The molecule has 1 heterocycles. The van der Waals surface area contributed by atoms with Crippen LogP contribution >= 0.6 is 0 Å². The topological polar surface area (TPSA) is 48.7 Å². The molecule has 4 heteroatoms. The first-order valence-corrected chi connectivity index (χ1v) is 5.09. The molecule has 0 bridgehead atoms. The van der Waals surface area contributed by atoms with Gasteiger partial charge < -0.3 is 5.32 Å². The molecule has 0 fully saturated rings. The summed E-state index contributed by atoms with van der Waals surface area (Å²) < 4.78 is 13.6. The van der Waals surface area contributed by atoms with E-state index in [-0.39, 0.29) is 11.5 Å². The molecule has 1 N–H and O–H groups in total. The van der Waals surface area contributed by atoms with E-state index in [4.69, 9.17) is 5.26 Å². The van der Waals surface area contributed by atoms with Crippen LogP contribution in [0.25, 0.3) is 0 Å². The lowest BCUT2D eigenvalue weighted by Crippen LogP contribution is -1.97. The largest absolute Gasteiger partial charge is 0.351 e. The third-order valence-corrected chi connectivity index (χ3v) is 2.31. The SMILES string of the molecule is Cc1ccc(Nc2cccnc2C#N)c(F)c1. The fourth-order valence-electron chi connectivity index (χ4n) is 1.46. The quantitative estimate of drug-likeness (QED) is 0.857. The van der Waals surface area contributed by atoms with Gasteiger partial charge in [0.05, 0.1) is 11.4 Å². The Morgan fingerprint density at radius 1 is 1.29 bits per heavy atom. The van der Waals surface area contributed by atoms with Crippen molar-refractivity contribution < 1.29 is 4.39 Å². The van der Waals surface area contributed by atoms with Crippen LogP contribution < -0.4 is 5.32 Å². The summed E-state index contributed by atoms with van der Waals surface area (Å²) in [6.45, 7) is 1.82. The molecule has 0 spiro atoms. The molecule has 1 aromatic carbocycles. The molecule has 0 unspecified atom stereocenters. The van der Waals surface area contributed by atoms with E-state index in [1.807, 2.05) is 13.0 Å². The van der Waals surface area contributed by atoms with Gasteiger partial charge in [-0.05, 0) is 36.8 Å². The Labute approximate surface area is 98.5 Å². The second kappa shape index (κ2) is 4.62. The zero-order valence-corrected chi connectivity index (χ0v) is 9.24. The molecular formula is C13H10FN3. The monoisotopic (exact) mass is 227 g/mol. The van der Waals surface area contributed by atoms with Crippen LogP contribution in [0.15, 0.2) is 36.5 Å². The van der Waals surface area contributed by atoms with Crippen molar-refractivity contribution in [2.75, 3.05) is 5.32 Å². The summed E-state index contributed by atoms with van der Waals surface area (Å²) in [7, 11) is 0. The molecule has 0 aliphatic heterocycles. The first kappa shape index (κ1) is 11.1. The molecule has 0 radical (unpaired) electrons. The molecular weight excluding hydrogens is 217 g/mol. The van der Waals surface area contributed by atoms with Crippen LogP contribution in [0.3, 0.4) is 0 Å². The fraction of sp³-hybridized carbons (Fsp3) is 0.0769. The Hall–Kier alpha value is -2.41. The van der Waals surface area contributed by atoms with E-state index in [1.165, 1.54) is 12.3 Å². The number of aromatic nitrogens is 1. The summed E-state index contributed by atoms with van der Waals surface area (Å²) in [5.41, 5.74) is 1.92. The molecule has 0 aliphatic rings. The summed E-state index contributed by atoms with van der Waals surface area (Å²) in [5, 5.41) is 11.7. The van der Waals surface area contributed by atoms with Crippen molar-refractivity contribution in [2.45, 2.75) is 6.92 Å². The smallest absolute Gasteiger partial charge is 0.163 e. The van der Waals surface area contributed by atoms with Crippen molar-refractivity contribution >= 4 is 11.4 Å². The maximum Gasteiger partial charge on any atom is 0.163 e. The lowest BCUT2D eigenvalue weighted by atomic mass is 10.2. The molecule has 3 nitrogen and oxygen atoms in total. The Kier molecular flexibility index (Phi) is 3.01. The van der Waals surface area contributed by atoms with Crippen molar-refractivity contribution in [3.05, 3.63) is 53.6 Å². The van der Waals surface area contributed by atoms with E-state index in [1.54, 1.807) is 24.3 Å². The normalized spacial score (nSPS) is 9.71. The van der Waals surface area contributed by atoms with Gasteiger partial charge in [-0.15, -0.1) is 0 Å². The Morgan fingerprint density at radius 3 is 2.82 bits per heavy atom. The number of nitrogens with one attached hydrogen (secondary N) is 1. The van der Waals surface area contributed by atoms with Gasteiger partial charge in [0.2, 0.25) is 0 Å². The molecule has 84 valence electrons. The molecule has 0 saturated heterocycles. The first-order chi connectivity index (χ1) is 8.20. The van der Waals surface area contributed by atoms with Crippen LogP contribution in [0.1, 0.15) is 11.3 Å². The lowest BCUT2D eigenvalue weighted by Gasteiger charge is -2.08. The molecule has 2 aromatic rings. The van der Waals surface area contributed by atoms with Gasteiger partial charge >= 0.3 is 0 Å². The van der Waals surface area contributed by atoms with Gasteiger partial charge in [-0.3, -0.25) is 0 Å². The van der Waals surface area contributed by atoms with E-state index in [0.717, 1.165) is 5.56 Å². The maximum absolute atomic E-state index is 13.6. The van der Waals surface area contributed by atoms with Gasteiger partial charge in [-0.1, -0.05) is 6.07 Å². The minimum Gasteiger partial charge on any atom is -0.351 e. The Bertz CT molecular complexity index is 587. The number of benzene rings is 1. The standard InChI is InChI=1S/C13H10FN3/c1-9-4-5-11(10(14)7-9)17-12-3-2-6-16-13(12)8-15/h2-7,17H,1H3. The average molecular weight is 227 g/mol. The van der Waals surface area contributed by atoms with Gasteiger partial charge in [-0.25, -0.2) is 9.37 Å². The Morgan fingerprint density at radius 2 is 2.12 bits per heavy atom. The van der Waals surface area contributed by atoms with Crippen molar-refractivity contribution in [1.29, 1.82) is 5.26 Å². The highest BCUT2D eigenvalue weighted by Gasteiger charge is 2.06. The van der Waals surface area contributed by atoms with Crippen molar-refractivity contribution in [3.63, 3.8) is 0 Å². The first-order valence-electron chi connectivity index (χ1n) is 5.09. The van der Waals surface area contributed by atoms with Crippen LogP contribution in [0, 0.1) is 24.1 Å². The predicted octanol–water partition coefficient (Wildman–Crippen LogP) is 3.14. The van der Waals surface area contributed by atoms with Crippen molar-refractivity contribution in [1.82, 2.24) is 4.98 Å². The van der Waals surface area contributed by atoms with E-state index < -0.39 is 0 Å². The second-order valence-electron chi connectivity index (χ2n) is 3.62. The second-order valence-corrected chi connectivity index (χ2v) is 3.62. The summed E-state index contributed by atoms with van der Waals surface area (Å²) in [4.78, 5) is 3.89. The van der Waals surface area contributed by atoms with Gasteiger partial charge in [0.1, 0.15) is 11.9 Å². The highest BCUT2D eigenvalue weighted by molar-refractivity contribution is 5.64. The maximum atomic E-state index is 13.6. The van der Waals surface area contributed by atoms with E-state index in [9.17, 15) is 4.39 Å². The van der Waals surface area contributed by atoms with E-state index in [0.29, 0.717) is 11.4 Å². The molecule has 0 atom stereocenters. The highest BCUT2D eigenvalue weighted by Crippen LogP contribution is 2.22. The zero-order valence-electron chi connectivity index (χ0n) is 9.24. The number of aryl methyl sites for hydroxylation is 1. The number of hydrogen-bond donors (Lipinski definition) is 1. The molecule has 2 rings (SSSR count). The van der Waals surface area contributed by atoms with Crippen LogP contribution in [-0.4, -0.2) is 4.98 Å². The van der Waals surface area contributed by atoms with Crippen molar-refractivity contribution in [3.8, 4) is 6.07 Å². The predicted molar refractivity (Wildman–Crippen MR) is 63.4 cm³/mol. The van der Waals surface area contributed by atoms with Gasteiger partial charge in [0.15, 0.2) is 5.69 Å². The van der Waals surface area contributed by atoms with Gasteiger partial charge in [0.25, 0.3) is 0 Å². The number of anilines is 2. The van der Waals surface area contributed by atoms with Crippen LogP contribution in [0.5, 0.6) is 0 Å². The Balaban J connectivity index is 2.35. The van der Waals surface area contributed by atoms with Crippen LogP contribution in [0.2, 0.25) is 0 Å². The summed E-state index contributed by atoms with van der Waals surface area (Å²) >= 11 is 0. The highest BCUT2D eigenvalue weighted by atomic mass is 19.1. The molecule has 0 aliphatic carbocycles. The molecule has 17 heavy (non-hydrogen) atoms. The number of pyridine rings is 1. The fourth-order valence-corrected chi connectivity index (χ4v) is 1.46.